The van der Waals surface area contributed by atoms with E-state index in [-0.39, 0.29) is 26.0 Å². The third-order valence-electron chi connectivity index (χ3n) is 3.03. The summed E-state index contributed by atoms with van der Waals surface area (Å²) in [5.74, 6) is -0.466. The highest BCUT2D eigenvalue weighted by Crippen LogP contribution is 2.31. The van der Waals surface area contributed by atoms with Crippen LogP contribution in [-0.2, 0) is 19.0 Å². The van der Waals surface area contributed by atoms with Crippen LogP contribution in [0.2, 0.25) is 0 Å². The molecule has 0 spiro atoms. The van der Waals surface area contributed by atoms with E-state index in [2.05, 4.69) is 11.9 Å². The minimum atomic E-state index is -0.508. The predicted octanol–water partition coefficient (Wildman–Crippen LogP) is 1.89. The van der Waals surface area contributed by atoms with Crippen LogP contribution < -0.4 is 5.32 Å². The van der Waals surface area contributed by atoms with Crippen LogP contribution in [0.5, 0.6) is 0 Å². The molecule has 0 unspecified atom stereocenters. The molecule has 1 amide bonds. The highest BCUT2D eigenvalue weighted by Gasteiger charge is 2.38. The summed E-state index contributed by atoms with van der Waals surface area (Å²) in [4.78, 5) is 22.4. The maximum Gasteiger partial charge on any atom is 0.407 e. The first-order valence-electron chi connectivity index (χ1n) is 6.30. The van der Waals surface area contributed by atoms with Crippen LogP contribution >= 0.6 is 0 Å². The Kier molecular flexibility index (Phi) is 7.91. The van der Waals surface area contributed by atoms with E-state index >= 15 is 0 Å². The average molecular weight is 287 g/mol. The Morgan fingerprint density at radius 3 is 2.45 bits per heavy atom. The molecule has 6 nitrogen and oxygen atoms in total. The topological polar surface area (TPSA) is 73.9 Å². The molecule has 1 aliphatic rings. The number of amides is 1. The number of carbonyl (C=O) groups excluding carboxylic acids is 2. The predicted molar refractivity (Wildman–Crippen MR) is 75.4 cm³/mol. The smallest absolute Gasteiger partial charge is 0.407 e. The largest absolute Gasteiger partial charge is 0.460 e. The lowest BCUT2D eigenvalue weighted by molar-refractivity contribution is -0.140. The number of rotatable bonds is 7. The van der Waals surface area contributed by atoms with E-state index in [1.807, 2.05) is 6.92 Å². The zero-order valence-electron chi connectivity index (χ0n) is 11.5. The molecule has 0 atom stereocenters. The van der Waals surface area contributed by atoms with E-state index in [9.17, 15) is 9.59 Å². The molecule has 0 aromatic rings. The fourth-order valence-electron chi connectivity index (χ4n) is 1.47. The number of nitrogens with one attached hydrogen (secondary N) is 1. The Morgan fingerprint density at radius 1 is 1.35 bits per heavy atom. The molecule has 1 N–H and O–H groups in total. The number of alkyl carbamates (subject to hydrolysis) is 1. The van der Waals surface area contributed by atoms with Gasteiger partial charge in [0, 0.05) is 5.57 Å². The van der Waals surface area contributed by atoms with E-state index in [1.54, 1.807) is 6.92 Å². The van der Waals surface area contributed by atoms with Crippen molar-refractivity contribution in [3.05, 3.63) is 12.2 Å². The van der Waals surface area contributed by atoms with E-state index in [1.165, 1.54) is 0 Å². The Bertz CT molecular complexity index is 344. The van der Waals surface area contributed by atoms with Crippen molar-refractivity contribution in [3.63, 3.8) is 0 Å². The SMILES string of the molecule is C.C=C(C)C(=O)OCCNC(=O)OCC1(CC)COC1. The highest BCUT2D eigenvalue weighted by atomic mass is 16.6. The van der Waals surface area contributed by atoms with Crippen molar-refractivity contribution in [2.75, 3.05) is 33.0 Å². The molecule has 0 saturated carbocycles. The molecular formula is C14H25NO5. The van der Waals surface area contributed by atoms with Gasteiger partial charge in [-0.3, -0.25) is 0 Å². The van der Waals surface area contributed by atoms with Gasteiger partial charge in [-0.2, -0.15) is 0 Å². The summed E-state index contributed by atoms with van der Waals surface area (Å²) in [6.07, 6.45) is 0.405. The fraction of sp³-hybridized carbons (Fsp3) is 0.714. The Labute approximate surface area is 120 Å². The van der Waals surface area contributed by atoms with Crippen molar-refractivity contribution in [2.45, 2.75) is 27.7 Å². The summed E-state index contributed by atoms with van der Waals surface area (Å²) in [5, 5.41) is 2.51. The molecule has 20 heavy (non-hydrogen) atoms. The standard InChI is InChI=1S/C13H21NO5.CH4/c1-4-13(7-17-8-13)9-19-12(16)14-5-6-18-11(15)10(2)3;/h2,4-9H2,1,3H3,(H,14,16);1H4. The van der Waals surface area contributed by atoms with Crippen LogP contribution in [0.4, 0.5) is 4.79 Å². The lowest BCUT2D eigenvalue weighted by Crippen LogP contribution is -2.47. The molecule has 1 rings (SSSR count). The van der Waals surface area contributed by atoms with Gasteiger partial charge in [-0.1, -0.05) is 20.9 Å². The monoisotopic (exact) mass is 287 g/mol. The van der Waals surface area contributed by atoms with Crippen LogP contribution in [-0.4, -0.2) is 45.0 Å². The highest BCUT2D eigenvalue weighted by molar-refractivity contribution is 5.86. The Morgan fingerprint density at radius 2 is 2.00 bits per heavy atom. The van der Waals surface area contributed by atoms with Crippen LogP contribution in [0.15, 0.2) is 12.2 Å². The van der Waals surface area contributed by atoms with Crippen molar-refractivity contribution >= 4 is 12.1 Å². The van der Waals surface area contributed by atoms with Crippen LogP contribution in [0.3, 0.4) is 0 Å². The first-order chi connectivity index (χ1) is 8.99. The molecule has 0 bridgehead atoms. The zero-order chi connectivity index (χ0) is 14.3. The van der Waals surface area contributed by atoms with Crippen LogP contribution in [0.25, 0.3) is 0 Å². The third-order valence-corrected chi connectivity index (χ3v) is 3.03. The molecule has 0 aromatic heterocycles. The van der Waals surface area contributed by atoms with Crippen molar-refractivity contribution in [2.24, 2.45) is 5.41 Å². The number of esters is 1. The van der Waals surface area contributed by atoms with E-state index < -0.39 is 12.1 Å². The zero-order valence-corrected chi connectivity index (χ0v) is 11.5. The van der Waals surface area contributed by atoms with Gasteiger partial charge in [0.05, 0.1) is 25.2 Å². The normalized spacial score (nSPS) is 15.3. The summed E-state index contributed by atoms with van der Waals surface area (Å²) in [5.41, 5.74) is 0.307. The lowest BCUT2D eigenvalue weighted by Gasteiger charge is -2.39. The van der Waals surface area contributed by atoms with Crippen molar-refractivity contribution < 1.29 is 23.8 Å². The van der Waals surface area contributed by atoms with Crippen molar-refractivity contribution in [1.82, 2.24) is 5.32 Å². The number of hydrogen-bond donors (Lipinski definition) is 1. The second-order valence-electron chi connectivity index (χ2n) is 4.77. The van der Waals surface area contributed by atoms with E-state index in [0.29, 0.717) is 25.4 Å². The van der Waals surface area contributed by atoms with Gasteiger partial charge >= 0.3 is 12.1 Å². The third kappa shape index (κ3) is 5.61. The summed E-state index contributed by atoms with van der Waals surface area (Å²) in [6, 6.07) is 0. The van der Waals surface area contributed by atoms with Gasteiger partial charge in [-0.25, -0.2) is 9.59 Å². The maximum absolute atomic E-state index is 11.4. The van der Waals surface area contributed by atoms with Gasteiger partial charge in [0.2, 0.25) is 0 Å². The van der Waals surface area contributed by atoms with Crippen LogP contribution in [0.1, 0.15) is 27.7 Å². The number of hydrogen-bond acceptors (Lipinski definition) is 5. The van der Waals surface area contributed by atoms with Gasteiger partial charge in [0.1, 0.15) is 13.2 Å². The molecule has 1 fully saturated rings. The van der Waals surface area contributed by atoms with Gasteiger partial charge in [-0.15, -0.1) is 0 Å². The van der Waals surface area contributed by atoms with Gasteiger partial charge in [-0.05, 0) is 13.3 Å². The maximum atomic E-state index is 11.4. The average Bonchev–Trinajstić information content (AvgIpc) is 2.33. The quantitative estimate of drug-likeness (QED) is 0.440. The molecule has 1 heterocycles. The Balaban J connectivity index is 0.00000361. The summed E-state index contributed by atoms with van der Waals surface area (Å²) >= 11 is 0. The summed E-state index contributed by atoms with van der Waals surface area (Å²) in [7, 11) is 0. The van der Waals surface area contributed by atoms with Crippen molar-refractivity contribution in [1.29, 1.82) is 0 Å². The molecule has 116 valence electrons. The van der Waals surface area contributed by atoms with Gasteiger partial charge < -0.3 is 19.5 Å². The lowest BCUT2D eigenvalue weighted by atomic mass is 9.84. The number of ether oxygens (including phenoxy) is 3. The minimum Gasteiger partial charge on any atom is -0.460 e. The molecule has 6 heteroatoms. The molecular weight excluding hydrogens is 262 g/mol. The minimum absolute atomic E-state index is 0. The van der Waals surface area contributed by atoms with Crippen LogP contribution in [0, 0.1) is 5.41 Å². The molecule has 0 radical (unpaired) electrons. The second kappa shape index (κ2) is 8.58. The van der Waals surface area contributed by atoms with E-state index in [0.717, 1.165) is 6.42 Å². The molecule has 0 aliphatic carbocycles. The fourth-order valence-corrected chi connectivity index (χ4v) is 1.47. The van der Waals surface area contributed by atoms with Gasteiger partial charge in [0.25, 0.3) is 0 Å². The molecule has 1 saturated heterocycles. The first-order valence-corrected chi connectivity index (χ1v) is 6.30. The number of carbonyl (C=O) groups is 2. The first kappa shape index (κ1) is 18.4. The molecule has 1 aliphatic heterocycles. The van der Waals surface area contributed by atoms with Crippen molar-refractivity contribution in [3.8, 4) is 0 Å². The summed E-state index contributed by atoms with van der Waals surface area (Å²) in [6.45, 7) is 8.99. The molecule has 0 aromatic carbocycles. The summed E-state index contributed by atoms with van der Waals surface area (Å²) < 4.78 is 15.1. The van der Waals surface area contributed by atoms with E-state index in [4.69, 9.17) is 14.2 Å². The second-order valence-corrected chi connectivity index (χ2v) is 4.77. The Hall–Kier alpha value is -1.56. The van der Waals surface area contributed by atoms with Gasteiger partial charge in [0.15, 0.2) is 0 Å².